The molecule has 1 aromatic carbocycles. The zero-order chi connectivity index (χ0) is 25.3. The van der Waals surface area contributed by atoms with E-state index in [-0.39, 0.29) is 29.2 Å². The summed E-state index contributed by atoms with van der Waals surface area (Å²) in [5, 5.41) is 8.39. The third-order valence-corrected chi connectivity index (χ3v) is 6.83. The summed E-state index contributed by atoms with van der Waals surface area (Å²) in [5.74, 6) is 0.442. The molecule has 0 bridgehead atoms. The van der Waals surface area contributed by atoms with Crippen LogP contribution in [-0.2, 0) is 10.0 Å². The van der Waals surface area contributed by atoms with Crippen LogP contribution < -0.4 is 15.8 Å². The van der Waals surface area contributed by atoms with Crippen molar-refractivity contribution in [3.63, 3.8) is 0 Å². The average Bonchev–Trinajstić information content (AvgIpc) is 3.21. The molecule has 1 aliphatic rings. The first kappa shape index (κ1) is 25.2. The van der Waals surface area contributed by atoms with Gasteiger partial charge in [0.2, 0.25) is 10.0 Å². The van der Waals surface area contributed by atoms with Crippen molar-refractivity contribution in [1.82, 2.24) is 19.5 Å². The Hall–Kier alpha value is -2.89. The Balaban J connectivity index is 1.69. The molecular formula is C23H30ClN7O3S. The van der Waals surface area contributed by atoms with Crippen molar-refractivity contribution in [2.75, 3.05) is 29.4 Å². The van der Waals surface area contributed by atoms with Crippen LogP contribution in [0.25, 0.3) is 5.65 Å². The molecule has 2 aromatic heterocycles. The number of hydrogen-bond acceptors (Lipinski definition) is 7. The maximum Gasteiger partial charge on any atom is 0.256 e. The smallest absolute Gasteiger partial charge is 0.256 e. The summed E-state index contributed by atoms with van der Waals surface area (Å²) in [5.41, 5.74) is 8.46. The number of benzene rings is 1. The normalized spacial score (nSPS) is 17.4. The monoisotopic (exact) mass is 519 g/mol. The van der Waals surface area contributed by atoms with Gasteiger partial charge in [0, 0.05) is 42.0 Å². The van der Waals surface area contributed by atoms with Crippen molar-refractivity contribution in [3.8, 4) is 0 Å². The van der Waals surface area contributed by atoms with Crippen molar-refractivity contribution in [3.05, 3.63) is 52.3 Å². The molecule has 1 amide bonds. The third-order valence-electron chi connectivity index (χ3n) is 6.00. The number of amides is 1. The standard InChI is InChI=1S/C23H30ClN7O3S/c1-14-13-31-21(27-22(14)26-15(2)12-25)11-19(28-31)20-6-4-5-9-30(20)23(32)17-10-16(24)7-8-18(17)29-35(3,33)34/h7-8,10-11,13,15,20,29H,4-6,9,12,25H2,1-3H3,(H,26,27). The van der Waals surface area contributed by atoms with Crippen molar-refractivity contribution in [1.29, 1.82) is 0 Å². The number of nitrogens with zero attached hydrogens (tertiary/aromatic N) is 4. The number of nitrogens with one attached hydrogen (secondary N) is 2. The van der Waals surface area contributed by atoms with Crippen molar-refractivity contribution >= 4 is 44.7 Å². The number of carbonyl (C=O) groups excluding carboxylic acids is 1. The van der Waals surface area contributed by atoms with Gasteiger partial charge in [0.15, 0.2) is 5.65 Å². The molecule has 1 fully saturated rings. The fraction of sp³-hybridized carbons (Fsp3) is 0.435. The summed E-state index contributed by atoms with van der Waals surface area (Å²) < 4.78 is 27.9. The highest BCUT2D eigenvalue weighted by molar-refractivity contribution is 7.92. The van der Waals surface area contributed by atoms with Crippen molar-refractivity contribution in [2.45, 2.75) is 45.2 Å². The average molecular weight is 520 g/mol. The molecule has 10 nitrogen and oxygen atoms in total. The molecule has 1 aliphatic heterocycles. The maximum absolute atomic E-state index is 13.7. The third kappa shape index (κ3) is 5.68. The van der Waals surface area contributed by atoms with Crippen LogP contribution in [0.1, 0.15) is 53.8 Å². The fourth-order valence-corrected chi connectivity index (χ4v) is 5.00. The van der Waals surface area contributed by atoms with Gasteiger partial charge < -0.3 is 16.0 Å². The molecule has 0 spiro atoms. The predicted octanol–water partition coefficient (Wildman–Crippen LogP) is 3.19. The number of carbonyl (C=O) groups is 1. The van der Waals surface area contributed by atoms with E-state index in [1.165, 1.54) is 12.1 Å². The summed E-state index contributed by atoms with van der Waals surface area (Å²) in [6.45, 7) is 4.94. The summed E-state index contributed by atoms with van der Waals surface area (Å²) in [6.07, 6.45) is 5.46. The Kier molecular flexibility index (Phi) is 7.20. The molecule has 35 heavy (non-hydrogen) atoms. The van der Waals surface area contributed by atoms with E-state index in [4.69, 9.17) is 27.4 Å². The minimum absolute atomic E-state index is 0.0740. The van der Waals surface area contributed by atoms with Gasteiger partial charge in [-0.05, 0) is 51.3 Å². The molecule has 2 atom stereocenters. The Bertz CT molecular complexity index is 1360. The second-order valence-corrected chi connectivity index (χ2v) is 11.2. The van der Waals surface area contributed by atoms with Crippen LogP contribution in [0.15, 0.2) is 30.5 Å². The second kappa shape index (κ2) is 10.00. The Morgan fingerprint density at radius 3 is 2.80 bits per heavy atom. The molecule has 1 saturated heterocycles. The number of aromatic nitrogens is 3. The molecule has 0 radical (unpaired) electrons. The van der Waals surface area contributed by atoms with E-state index in [9.17, 15) is 13.2 Å². The molecule has 4 rings (SSSR count). The molecule has 3 aromatic rings. The van der Waals surface area contributed by atoms with Gasteiger partial charge in [-0.15, -0.1) is 0 Å². The first-order valence-electron chi connectivity index (χ1n) is 11.5. The van der Waals surface area contributed by atoms with Gasteiger partial charge in [0.1, 0.15) is 5.82 Å². The van der Waals surface area contributed by atoms with Gasteiger partial charge in [-0.25, -0.2) is 17.9 Å². The Labute approximate surface area is 209 Å². The lowest BCUT2D eigenvalue weighted by atomic mass is 9.98. The highest BCUT2D eigenvalue weighted by atomic mass is 35.5. The molecular weight excluding hydrogens is 490 g/mol. The van der Waals surface area contributed by atoms with Gasteiger partial charge in [-0.2, -0.15) is 5.10 Å². The number of likely N-dealkylation sites (tertiary alicyclic amines) is 1. The van der Waals surface area contributed by atoms with Gasteiger partial charge in [-0.1, -0.05) is 11.6 Å². The minimum atomic E-state index is -3.58. The zero-order valence-electron chi connectivity index (χ0n) is 20.0. The second-order valence-electron chi connectivity index (χ2n) is 9.00. The molecule has 188 valence electrons. The van der Waals surface area contributed by atoms with Crippen LogP contribution in [0.3, 0.4) is 0 Å². The minimum Gasteiger partial charge on any atom is -0.366 e. The van der Waals surface area contributed by atoms with E-state index in [1.54, 1.807) is 15.5 Å². The highest BCUT2D eigenvalue weighted by Crippen LogP contribution is 2.34. The van der Waals surface area contributed by atoms with Crippen LogP contribution in [0.4, 0.5) is 11.5 Å². The quantitative estimate of drug-likeness (QED) is 0.436. The predicted molar refractivity (Wildman–Crippen MR) is 137 cm³/mol. The van der Waals surface area contributed by atoms with E-state index in [0.29, 0.717) is 23.8 Å². The van der Waals surface area contributed by atoms with E-state index < -0.39 is 10.0 Å². The number of hydrogen-bond donors (Lipinski definition) is 3. The molecule has 2 unspecified atom stereocenters. The fourth-order valence-electron chi connectivity index (χ4n) is 4.25. The first-order chi connectivity index (χ1) is 16.6. The number of halogens is 1. The molecule has 0 saturated carbocycles. The Morgan fingerprint density at radius 1 is 1.31 bits per heavy atom. The molecule has 3 heterocycles. The van der Waals surface area contributed by atoms with Gasteiger partial charge >= 0.3 is 0 Å². The zero-order valence-corrected chi connectivity index (χ0v) is 21.5. The number of aryl methyl sites for hydroxylation is 1. The number of fused-ring (bicyclic) bond motifs is 1. The van der Waals surface area contributed by atoms with Crippen LogP contribution in [0.5, 0.6) is 0 Å². The van der Waals surface area contributed by atoms with Crippen LogP contribution in [0, 0.1) is 6.92 Å². The lowest BCUT2D eigenvalue weighted by molar-refractivity contribution is 0.0607. The lowest BCUT2D eigenvalue weighted by Gasteiger charge is -2.35. The summed E-state index contributed by atoms with van der Waals surface area (Å²) >= 11 is 6.17. The van der Waals surface area contributed by atoms with E-state index in [2.05, 4.69) is 10.0 Å². The van der Waals surface area contributed by atoms with E-state index in [0.717, 1.165) is 42.6 Å². The van der Waals surface area contributed by atoms with Crippen LogP contribution in [0.2, 0.25) is 5.02 Å². The Morgan fingerprint density at radius 2 is 2.09 bits per heavy atom. The SMILES string of the molecule is Cc1cn2nc(C3CCCCN3C(=O)c3cc(Cl)ccc3NS(C)(=O)=O)cc2nc1NC(C)CN. The van der Waals surface area contributed by atoms with Gasteiger partial charge in [-0.3, -0.25) is 9.52 Å². The maximum atomic E-state index is 13.7. The number of anilines is 2. The molecule has 12 heteroatoms. The number of piperidine rings is 1. The van der Waals surface area contributed by atoms with Gasteiger partial charge in [0.25, 0.3) is 5.91 Å². The highest BCUT2D eigenvalue weighted by Gasteiger charge is 2.32. The van der Waals surface area contributed by atoms with E-state index in [1.807, 2.05) is 26.1 Å². The number of sulfonamides is 1. The molecule has 4 N–H and O–H groups in total. The topological polar surface area (TPSA) is 135 Å². The van der Waals surface area contributed by atoms with Crippen molar-refractivity contribution in [2.24, 2.45) is 5.73 Å². The lowest BCUT2D eigenvalue weighted by Crippen LogP contribution is -2.39. The molecule has 0 aliphatic carbocycles. The van der Waals surface area contributed by atoms with E-state index >= 15 is 0 Å². The summed E-state index contributed by atoms with van der Waals surface area (Å²) in [6, 6.07) is 6.24. The number of nitrogens with two attached hydrogens (primary N) is 1. The van der Waals surface area contributed by atoms with Crippen molar-refractivity contribution < 1.29 is 13.2 Å². The van der Waals surface area contributed by atoms with Gasteiger partial charge in [0.05, 0.1) is 29.2 Å². The summed E-state index contributed by atoms with van der Waals surface area (Å²) in [4.78, 5) is 20.1. The number of rotatable bonds is 7. The first-order valence-corrected chi connectivity index (χ1v) is 13.7. The van der Waals surface area contributed by atoms with Crippen LogP contribution in [-0.4, -0.2) is 59.2 Å². The largest absolute Gasteiger partial charge is 0.366 e. The summed E-state index contributed by atoms with van der Waals surface area (Å²) in [7, 11) is -3.58. The van der Waals surface area contributed by atoms with Crippen LogP contribution >= 0.6 is 11.6 Å².